The van der Waals surface area contributed by atoms with Crippen molar-refractivity contribution in [3.8, 4) is 0 Å². The molecule has 228 valence electrons. The van der Waals surface area contributed by atoms with Crippen LogP contribution in [0.2, 0.25) is 0 Å². The van der Waals surface area contributed by atoms with Crippen LogP contribution < -0.4 is 5.35 Å². The van der Waals surface area contributed by atoms with Gasteiger partial charge in [0.15, 0.2) is 0 Å². The predicted octanol–water partition coefficient (Wildman–Crippen LogP) is 11.1. The summed E-state index contributed by atoms with van der Waals surface area (Å²) in [6.07, 6.45) is 19.7. The number of halogens is 1. The lowest BCUT2D eigenvalue weighted by atomic mass is 9.93. The zero-order valence-electron chi connectivity index (χ0n) is 26.8. The lowest BCUT2D eigenvalue weighted by Gasteiger charge is -2.16. The summed E-state index contributed by atoms with van der Waals surface area (Å²) in [5, 5.41) is 8.94. The van der Waals surface area contributed by atoms with E-state index in [1.165, 1.54) is 104 Å². The first-order valence-electron chi connectivity index (χ1n) is 17.1. The molecule has 0 unspecified atom stereocenters. The molecule has 0 saturated heterocycles. The van der Waals surface area contributed by atoms with E-state index in [0.29, 0.717) is 0 Å². The summed E-state index contributed by atoms with van der Waals surface area (Å²) in [6.45, 7) is 6.63. The van der Waals surface area contributed by atoms with E-state index in [2.05, 4.69) is 120 Å². The van der Waals surface area contributed by atoms with Crippen LogP contribution in [0.1, 0.15) is 77.2 Å². The molecule has 1 aliphatic heterocycles. The molecule has 2 heterocycles. The molecule has 7 rings (SSSR count). The van der Waals surface area contributed by atoms with E-state index in [1.54, 1.807) is 0 Å². The van der Waals surface area contributed by atoms with Crippen LogP contribution in [0.4, 0.5) is 5.69 Å². The van der Waals surface area contributed by atoms with Gasteiger partial charge in [-0.2, -0.15) is 4.58 Å². The molecule has 0 fully saturated rings. The molecule has 0 saturated carbocycles. The topological polar surface area (TPSA) is 7.94 Å². The minimum atomic E-state index is 0.924. The van der Waals surface area contributed by atoms with Gasteiger partial charge in [0.1, 0.15) is 6.54 Å². The minimum Gasteiger partial charge on any atom is -0.340 e. The Balaban J connectivity index is 1.27. The third-order valence-corrected chi connectivity index (χ3v) is 10.3. The van der Waals surface area contributed by atoms with Gasteiger partial charge in [0, 0.05) is 51.8 Å². The molecule has 0 amide bonds. The van der Waals surface area contributed by atoms with Gasteiger partial charge in [0.25, 0.3) is 0 Å². The second-order valence-corrected chi connectivity index (χ2v) is 13.1. The highest BCUT2D eigenvalue weighted by molar-refractivity contribution is 6.32. The number of hydrogen-bond acceptors (Lipinski definition) is 0. The van der Waals surface area contributed by atoms with E-state index in [4.69, 9.17) is 11.6 Å². The molecule has 1 aliphatic carbocycles. The Morgan fingerprint density at radius 2 is 1.49 bits per heavy atom. The van der Waals surface area contributed by atoms with E-state index in [9.17, 15) is 0 Å². The van der Waals surface area contributed by atoms with Gasteiger partial charge in [0.2, 0.25) is 11.4 Å². The molecule has 5 aromatic rings. The molecule has 3 heteroatoms. The number of aromatic nitrogens is 1. The maximum Gasteiger partial charge on any atom is 0.214 e. The first kappa shape index (κ1) is 29.8. The highest BCUT2D eigenvalue weighted by Gasteiger charge is 2.30. The number of benzene rings is 4. The first-order valence-corrected chi connectivity index (χ1v) is 17.5. The third kappa shape index (κ3) is 5.59. The average Bonchev–Trinajstić information content (AvgIpc) is 3.54. The van der Waals surface area contributed by atoms with E-state index >= 15 is 0 Å². The molecule has 0 bridgehead atoms. The molecule has 0 radical (unpaired) electrons. The summed E-state index contributed by atoms with van der Waals surface area (Å²) in [5.41, 5.74) is 7.80. The molecule has 2 aliphatic rings. The molecule has 1 aromatic heterocycles. The highest BCUT2D eigenvalue weighted by Crippen LogP contribution is 2.37. The van der Waals surface area contributed by atoms with Gasteiger partial charge in [-0.3, -0.25) is 0 Å². The van der Waals surface area contributed by atoms with Crippen molar-refractivity contribution in [3.05, 3.63) is 118 Å². The molecule has 4 aromatic carbocycles. The molecule has 0 spiro atoms. The Hall–Kier alpha value is -3.88. The van der Waals surface area contributed by atoms with Crippen molar-refractivity contribution in [2.75, 3.05) is 6.54 Å². The van der Waals surface area contributed by atoms with Crippen LogP contribution in [-0.2, 0) is 6.54 Å². The average molecular weight is 612 g/mol. The maximum atomic E-state index is 7.23. The zero-order chi connectivity index (χ0) is 30.8. The number of unbranched alkanes of at least 4 members (excludes halogenated alkanes) is 4. The van der Waals surface area contributed by atoms with Crippen molar-refractivity contribution in [3.63, 3.8) is 0 Å². The van der Waals surface area contributed by atoms with Gasteiger partial charge in [-0.15, -0.1) is 0 Å². The molecule has 2 nitrogen and oxygen atoms in total. The van der Waals surface area contributed by atoms with Crippen LogP contribution in [0.15, 0.2) is 107 Å². The lowest BCUT2D eigenvalue weighted by Crippen LogP contribution is -2.16. The molecular weight excluding hydrogens is 568 g/mol. The number of aryl methyl sites for hydroxylation is 1. The van der Waals surface area contributed by atoms with Crippen molar-refractivity contribution < 1.29 is 4.58 Å². The minimum absolute atomic E-state index is 0.924. The normalized spacial score (nSPS) is 16.7. The molecular formula is C42H44ClN2+. The van der Waals surface area contributed by atoms with Crippen LogP contribution in [0.3, 0.4) is 0 Å². The Bertz CT molecular complexity index is 2060. The number of nitrogens with zero attached hydrogens (tertiary/aromatic N) is 2. The fourth-order valence-corrected chi connectivity index (χ4v) is 7.83. The van der Waals surface area contributed by atoms with Gasteiger partial charge in [-0.05, 0) is 72.2 Å². The number of rotatable bonds is 11. The zero-order valence-corrected chi connectivity index (χ0v) is 27.5. The van der Waals surface area contributed by atoms with Crippen molar-refractivity contribution in [2.24, 2.45) is 0 Å². The third-order valence-electron chi connectivity index (χ3n) is 9.79. The Morgan fingerprint density at radius 1 is 0.756 bits per heavy atom. The Kier molecular flexibility index (Phi) is 8.77. The quantitative estimate of drug-likeness (QED) is 0.104. The SMILES string of the molecule is CCCCCn1/c(=C/C=C2\CCCC(/C=C/C3=[N+](CCCCC)c4cccc5cccc3c45)=C2Cl)c2cccc3cccc1c32. The van der Waals surface area contributed by atoms with Crippen LogP contribution in [0.5, 0.6) is 0 Å². The van der Waals surface area contributed by atoms with E-state index in [1.807, 2.05) is 0 Å². The van der Waals surface area contributed by atoms with Gasteiger partial charge >= 0.3 is 0 Å². The summed E-state index contributed by atoms with van der Waals surface area (Å²) >= 11 is 7.23. The molecule has 45 heavy (non-hydrogen) atoms. The summed E-state index contributed by atoms with van der Waals surface area (Å²) in [6, 6.07) is 26.9. The molecule has 0 atom stereocenters. The summed E-state index contributed by atoms with van der Waals surface area (Å²) in [4.78, 5) is 0. The second-order valence-electron chi connectivity index (χ2n) is 12.7. The van der Waals surface area contributed by atoms with Crippen LogP contribution in [-0.4, -0.2) is 21.4 Å². The van der Waals surface area contributed by atoms with Crippen molar-refractivity contribution in [1.29, 1.82) is 0 Å². The largest absolute Gasteiger partial charge is 0.340 e. The van der Waals surface area contributed by atoms with Crippen molar-refractivity contribution in [2.45, 2.75) is 78.2 Å². The predicted molar refractivity (Wildman–Crippen MR) is 195 cm³/mol. The molecule has 0 N–H and O–H groups in total. The van der Waals surface area contributed by atoms with Crippen molar-refractivity contribution >= 4 is 61.5 Å². The van der Waals surface area contributed by atoms with Crippen LogP contribution in [0, 0.1) is 0 Å². The van der Waals surface area contributed by atoms with Gasteiger partial charge < -0.3 is 4.57 Å². The smallest absolute Gasteiger partial charge is 0.214 e. The van der Waals surface area contributed by atoms with Crippen molar-refractivity contribution in [1.82, 2.24) is 4.57 Å². The first-order chi connectivity index (χ1) is 22.2. The van der Waals surface area contributed by atoms with Gasteiger partial charge in [0.05, 0.1) is 10.9 Å². The summed E-state index contributed by atoms with van der Waals surface area (Å²) < 4.78 is 5.07. The maximum absolute atomic E-state index is 7.23. The van der Waals surface area contributed by atoms with Gasteiger partial charge in [-0.1, -0.05) is 111 Å². The summed E-state index contributed by atoms with van der Waals surface area (Å²) in [5.74, 6) is 0. The van der Waals surface area contributed by atoms with Gasteiger partial charge in [-0.25, -0.2) is 0 Å². The second kappa shape index (κ2) is 13.2. The lowest BCUT2D eigenvalue weighted by molar-refractivity contribution is -0.436. The van der Waals surface area contributed by atoms with Crippen LogP contribution >= 0.6 is 11.6 Å². The Morgan fingerprint density at radius 3 is 2.31 bits per heavy atom. The highest BCUT2D eigenvalue weighted by atomic mass is 35.5. The fraction of sp³-hybridized carbons (Fsp3) is 0.310. The Labute approximate surface area is 272 Å². The van der Waals surface area contributed by atoms with E-state index < -0.39 is 0 Å². The monoisotopic (exact) mass is 611 g/mol. The standard InChI is InChI=1S/C42H44ClN2/c1-3-5-7-28-44-36(34-20-10-14-30-16-12-22-38(44)40(30)34)26-24-32-18-9-19-33(42(32)43)25-27-37-35-21-11-15-31-17-13-23-39(41(31)35)45(37)29-8-6-4-2/h10-17,20-27H,3-9,18-19,28-29H2,1-2H3/q+1. The van der Waals surface area contributed by atoms with E-state index in [-0.39, 0.29) is 0 Å². The number of allylic oxidation sites excluding steroid dienone is 6. The number of hydrogen-bond donors (Lipinski definition) is 0. The summed E-state index contributed by atoms with van der Waals surface area (Å²) in [7, 11) is 0. The van der Waals surface area contributed by atoms with E-state index in [0.717, 1.165) is 37.4 Å². The van der Waals surface area contributed by atoms with Crippen LogP contribution in [0.25, 0.3) is 38.5 Å². The fourth-order valence-electron chi connectivity index (χ4n) is 7.52.